The predicted octanol–water partition coefficient (Wildman–Crippen LogP) is 4.97. The Morgan fingerprint density at radius 3 is 2.64 bits per heavy atom. The van der Waals surface area contributed by atoms with Crippen LogP contribution in [-0.4, -0.2) is 54.1 Å². The molecule has 1 aliphatic heterocycles. The number of amides is 1. The molecule has 5 nitrogen and oxygen atoms in total. The van der Waals surface area contributed by atoms with Gasteiger partial charge in [-0.3, -0.25) is 9.59 Å². The molecule has 33 heavy (non-hydrogen) atoms. The van der Waals surface area contributed by atoms with Crippen LogP contribution < -0.4 is 0 Å². The van der Waals surface area contributed by atoms with Gasteiger partial charge in [-0.2, -0.15) is 0 Å². The summed E-state index contributed by atoms with van der Waals surface area (Å²) in [6.07, 6.45) is 6.60. The van der Waals surface area contributed by atoms with Gasteiger partial charge in [0.1, 0.15) is 6.67 Å². The summed E-state index contributed by atoms with van der Waals surface area (Å²) in [4.78, 5) is 27.1. The Balaban J connectivity index is 1.66. The number of ketones is 1. The maximum Gasteiger partial charge on any atom is 0.254 e. The van der Waals surface area contributed by atoms with Crippen molar-refractivity contribution in [3.8, 4) is 0 Å². The van der Waals surface area contributed by atoms with E-state index in [1.165, 1.54) is 11.3 Å². The zero-order valence-electron chi connectivity index (χ0n) is 20.1. The molecule has 180 valence electrons. The lowest BCUT2D eigenvalue weighted by Crippen LogP contribution is -2.35. The minimum atomic E-state index is -0.399. The minimum Gasteiger partial charge on any atom is -0.381 e. The summed E-state index contributed by atoms with van der Waals surface area (Å²) in [7, 11) is 0. The lowest BCUT2D eigenvalue weighted by molar-refractivity contribution is -0.119. The summed E-state index contributed by atoms with van der Waals surface area (Å²) in [6.45, 7) is 6.19. The molecule has 1 unspecified atom stereocenters. The van der Waals surface area contributed by atoms with Crippen LogP contribution in [0.15, 0.2) is 18.2 Å². The Kier molecular flexibility index (Phi) is 7.84. The summed E-state index contributed by atoms with van der Waals surface area (Å²) < 4.78 is 21.1. The Morgan fingerprint density at radius 2 is 1.94 bits per heavy atom. The number of carbonyl (C=O) groups excluding carboxylic acids is 2. The number of benzene rings is 1. The number of likely N-dealkylation sites (N-methyl/N-ethyl adjacent to an activating group) is 1. The van der Waals surface area contributed by atoms with E-state index in [-0.39, 0.29) is 18.2 Å². The highest BCUT2D eigenvalue weighted by molar-refractivity contribution is 6.00. The van der Waals surface area contributed by atoms with Crippen molar-refractivity contribution < 1.29 is 18.7 Å². The third kappa shape index (κ3) is 5.01. The lowest BCUT2D eigenvalue weighted by atomic mass is 9.75. The van der Waals surface area contributed by atoms with Crippen molar-refractivity contribution in [1.29, 1.82) is 0 Å². The number of carbonyl (C=O) groups is 2. The molecular weight excluding hydrogens is 419 g/mol. The van der Waals surface area contributed by atoms with E-state index in [2.05, 4.69) is 4.57 Å². The van der Waals surface area contributed by atoms with Crippen molar-refractivity contribution in [1.82, 2.24) is 9.47 Å². The van der Waals surface area contributed by atoms with E-state index in [1.54, 1.807) is 4.90 Å². The first-order chi connectivity index (χ1) is 16.1. The Morgan fingerprint density at radius 1 is 1.15 bits per heavy atom. The molecule has 6 heteroatoms. The van der Waals surface area contributed by atoms with Gasteiger partial charge in [0.05, 0.1) is 13.1 Å². The molecule has 4 rings (SSSR count). The van der Waals surface area contributed by atoms with Gasteiger partial charge in [0.15, 0.2) is 5.78 Å². The molecule has 1 atom stereocenters. The van der Waals surface area contributed by atoms with Crippen LogP contribution in [0.2, 0.25) is 0 Å². The normalized spacial score (nSPS) is 18.9. The van der Waals surface area contributed by atoms with E-state index in [0.717, 1.165) is 62.6 Å². The first-order valence-electron chi connectivity index (χ1n) is 12.7. The van der Waals surface area contributed by atoms with Crippen molar-refractivity contribution in [2.75, 3.05) is 33.0 Å². The number of halogens is 1. The molecule has 0 N–H and O–H groups in total. The van der Waals surface area contributed by atoms with E-state index in [0.29, 0.717) is 36.9 Å². The summed E-state index contributed by atoms with van der Waals surface area (Å²) in [5.74, 6) is 1.28. The van der Waals surface area contributed by atoms with Crippen LogP contribution in [0.5, 0.6) is 0 Å². The fourth-order valence-corrected chi connectivity index (χ4v) is 5.82. The maximum absolute atomic E-state index is 13.4. The number of ether oxygens (including phenoxy) is 1. The summed E-state index contributed by atoms with van der Waals surface area (Å²) >= 11 is 0. The minimum absolute atomic E-state index is 0.0968. The van der Waals surface area contributed by atoms with Crippen molar-refractivity contribution >= 4 is 22.6 Å². The van der Waals surface area contributed by atoms with E-state index in [1.807, 2.05) is 32.0 Å². The van der Waals surface area contributed by atoms with Crippen LogP contribution in [0.4, 0.5) is 4.39 Å². The number of rotatable bonds is 9. The van der Waals surface area contributed by atoms with Crippen LogP contribution in [0.1, 0.15) is 67.6 Å². The third-order valence-electron chi connectivity index (χ3n) is 7.56. The Labute approximate surface area is 196 Å². The van der Waals surface area contributed by atoms with Crippen LogP contribution in [0.25, 0.3) is 10.9 Å². The monoisotopic (exact) mass is 456 g/mol. The average molecular weight is 457 g/mol. The van der Waals surface area contributed by atoms with Gasteiger partial charge in [0.25, 0.3) is 5.91 Å². The molecule has 0 bridgehead atoms. The topological polar surface area (TPSA) is 51.5 Å². The van der Waals surface area contributed by atoms with Crippen molar-refractivity contribution in [3.05, 3.63) is 35.0 Å². The van der Waals surface area contributed by atoms with Gasteiger partial charge in [0, 0.05) is 48.3 Å². The number of hydrogen-bond donors (Lipinski definition) is 0. The fourth-order valence-electron chi connectivity index (χ4n) is 5.82. The molecule has 1 aromatic carbocycles. The second-order valence-corrected chi connectivity index (χ2v) is 9.56. The summed E-state index contributed by atoms with van der Waals surface area (Å²) in [5.41, 5.74) is 4.16. The largest absolute Gasteiger partial charge is 0.381 e. The Bertz CT molecular complexity index is 993. The number of aryl methyl sites for hydroxylation is 1. The zero-order chi connectivity index (χ0) is 23.4. The first kappa shape index (κ1) is 23.9. The molecule has 1 fully saturated rings. The highest BCUT2D eigenvalue weighted by Gasteiger charge is 2.31. The maximum atomic E-state index is 13.4. The van der Waals surface area contributed by atoms with Gasteiger partial charge in [-0.15, -0.1) is 0 Å². The van der Waals surface area contributed by atoms with Crippen LogP contribution in [0, 0.1) is 11.8 Å². The fraction of sp³-hybridized carbons (Fsp3) is 0.630. The Hall–Kier alpha value is -2.21. The van der Waals surface area contributed by atoms with Crippen molar-refractivity contribution in [2.45, 2.75) is 65.3 Å². The second kappa shape index (κ2) is 10.8. The van der Waals surface area contributed by atoms with Gasteiger partial charge in [-0.25, -0.2) is 4.39 Å². The predicted molar refractivity (Wildman–Crippen MR) is 128 cm³/mol. The molecule has 2 aromatic rings. The molecule has 1 aromatic heterocycles. The summed E-state index contributed by atoms with van der Waals surface area (Å²) in [5, 5.41) is 1.08. The third-order valence-corrected chi connectivity index (χ3v) is 7.56. The van der Waals surface area contributed by atoms with Crippen LogP contribution in [-0.2, 0) is 28.9 Å². The average Bonchev–Trinajstić information content (AvgIpc) is 3.15. The molecule has 1 saturated heterocycles. The van der Waals surface area contributed by atoms with E-state index in [9.17, 15) is 14.0 Å². The zero-order valence-corrected chi connectivity index (χ0v) is 20.1. The van der Waals surface area contributed by atoms with Gasteiger partial charge >= 0.3 is 0 Å². The van der Waals surface area contributed by atoms with E-state index in [4.69, 9.17) is 4.74 Å². The molecule has 1 aliphatic carbocycles. The standard InChI is InChI=1S/C27H37FN2O3/c1-3-5-22(31)18-29(4-2)27(32)21-7-9-26-24(17-21)23-16-20(19-10-14-33-15-11-19)6-8-25(23)30(26)13-12-28/h7,9,17,19-20H,3-6,8,10-16,18H2,1-2H3. The smallest absolute Gasteiger partial charge is 0.254 e. The van der Waals surface area contributed by atoms with Gasteiger partial charge in [-0.05, 0) is 81.0 Å². The molecule has 1 amide bonds. The highest BCUT2D eigenvalue weighted by atomic mass is 19.1. The highest BCUT2D eigenvalue weighted by Crippen LogP contribution is 2.39. The van der Waals surface area contributed by atoms with Crippen LogP contribution >= 0.6 is 0 Å². The first-order valence-corrected chi connectivity index (χ1v) is 12.7. The molecule has 2 heterocycles. The number of nitrogens with zero attached hydrogens (tertiary/aromatic N) is 2. The van der Waals surface area contributed by atoms with Crippen molar-refractivity contribution in [3.63, 3.8) is 0 Å². The number of Topliss-reactive ketones (excluding diaryl/α,β-unsaturated/α-hetero) is 1. The van der Waals surface area contributed by atoms with E-state index < -0.39 is 6.67 Å². The molecule has 0 saturated carbocycles. The molecule has 2 aliphatic rings. The number of hydrogen-bond acceptors (Lipinski definition) is 3. The number of alkyl halides is 1. The van der Waals surface area contributed by atoms with Gasteiger partial charge in [0.2, 0.25) is 0 Å². The van der Waals surface area contributed by atoms with Gasteiger partial charge in [-0.1, -0.05) is 6.92 Å². The van der Waals surface area contributed by atoms with E-state index >= 15 is 0 Å². The summed E-state index contributed by atoms with van der Waals surface area (Å²) in [6, 6.07) is 5.81. The quantitative estimate of drug-likeness (QED) is 0.535. The molecule has 0 spiro atoms. The molecular formula is C27H37FN2O3. The number of aromatic nitrogens is 1. The lowest BCUT2D eigenvalue weighted by Gasteiger charge is -2.33. The SMILES string of the molecule is CCCC(=O)CN(CC)C(=O)c1ccc2c(c1)c1c(n2CCF)CCC(C2CCOCC2)C1. The van der Waals surface area contributed by atoms with Crippen LogP contribution in [0.3, 0.4) is 0 Å². The van der Waals surface area contributed by atoms with Gasteiger partial charge < -0.3 is 14.2 Å². The molecule has 0 radical (unpaired) electrons. The number of fused-ring (bicyclic) bond motifs is 3. The second-order valence-electron chi connectivity index (χ2n) is 9.56. The van der Waals surface area contributed by atoms with Crippen molar-refractivity contribution in [2.24, 2.45) is 11.8 Å².